The molecular weight excluding hydrogens is 259 g/mol. The highest BCUT2D eigenvalue weighted by atomic mass is 19.4. The Labute approximate surface area is 110 Å². The molecule has 1 rings (SSSR count). The Balaban J connectivity index is 3.00. The zero-order valence-corrected chi connectivity index (χ0v) is 11.0. The molecule has 1 aromatic rings. The van der Waals surface area contributed by atoms with Gasteiger partial charge >= 0.3 is 12.1 Å². The van der Waals surface area contributed by atoms with E-state index >= 15 is 0 Å². The number of alkyl halides is 3. The molecular formula is C13H16F3NO2. The van der Waals surface area contributed by atoms with Crippen molar-refractivity contribution in [3.05, 3.63) is 35.4 Å². The molecule has 0 aliphatic heterocycles. The standard InChI is InChI=1S/C13H16F3NO2/c1-17(2)8-11(12(18)19-3)9-4-6-10(7-5-9)13(14,15)16/h4-7,11H,8H2,1-3H3. The van der Waals surface area contributed by atoms with Crippen LogP contribution in [0, 0.1) is 0 Å². The van der Waals surface area contributed by atoms with Crippen LogP contribution in [0.5, 0.6) is 0 Å². The number of hydrogen-bond donors (Lipinski definition) is 0. The van der Waals surface area contributed by atoms with E-state index in [1.165, 1.54) is 19.2 Å². The van der Waals surface area contributed by atoms with Crippen molar-refractivity contribution in [1.29, 1.82) is 0 Å². The first-order valence-electron chi connectivity index (χ1n) is 5.65. The lowest BCUT2D eigenvalue weighted by molar-refractivity contribution is -0.142. The van der Waals surface area contributed by atoms with E-state index in [9.17, 15) is 18.0 Å². The maximum absolute atomic E-state index is 12.5. The number of hydrogen-bond acceptors (Lipinski definition) is 3. The van der Waals surface area contributed by atoms with E-state index in [1.807, 2.05) is 0 Å². The maximum atomic E-state index is 12.5. The van der Waals surface area contributed by atoms with Gasteiger partial charge in [0.1, 0.15) is 0 Å². The van der Waals surface area contributed by atoms with Gasteiger partial charge in [-0.2, -0.15) is 13.2 Å². The zero-order valence-electron chi connectivity index (χ0n) is 11.0. The highest BCUT2D eigenvalue weighted by molar-refractivity contribution is 5.78. The summed E-state index contributed by atoms with van der Waals surface area (Å²) in [4.78, 5) is 13.4. The van der Waals surface area contributed by atoms with Crippen LogP contribution in [0.3, 0.4) is 0 Å². The summed E-state index contributed by atoms with van der Waals surface area (Å²) in [7, 11) is 4.81. The fourth-order valence-electron chi connectivity index (χ4n) is 1.73. The van der Waals surface area contributed by atoms with Crippen molar-refractivity contribution in [2.75, 3.05) is 27.7 Å². The largest absolute Gasteiger partial charge is 0.469 e. The van der Waals surface area contributed by atoms with E-state index in [1.54, 1.807) is 19.0 Å². The van der Waals surface area contributed by atoms with Gasteiger partial charge in [0.15, 0.2) is 0 Å². The number of rotatable bonds is 4. The summed E-state index contributed by atoms with van der Waals surface area (Å²) < 4.78 is 42.0. The minimum Gasteiger partial charge on any atom is -0.469 e. The smallest absolute Gasteiger partial charge is 0.416 e. The molecule has 0 heterocycles. The first-order chi connectivity index (χ1) is 8.75. The molecule has 0 spiro atoms. The molecule has 1 atom stereocenters. The van der Waals surface area contributed by atoms with Crippen LogP contribution in [0.1, 0.15) is 17.0 Å². The van der Waals surface area contributed by atoms with E-state index in [0.717, 1.165) is 12.1 Å². The number of nitrogens with zero attached hydrogens (tertiary/aromatic N) is 1. The molecule has 0 saturated carbocycles. The molecule has 0 aliphatic rings. The summed E-state index contributed by atoms with van der Waals surface area (Å²) in [5.41, 5.74) is -0.224. The van der Waals surface area contributed by atoms with Crippen LogP contribution in [0.4, 0.5) is 13.2 Å². The summed E-state index contributed by atoms with van der Waals surface area (Å²) in [6, 6.07) is 4.57. The molecule has 0 bridgehead atoms. The van der Waals surface area contributed by atoms with Crippen LogP contribution in [0.25, 0.3) is 0 Å². The van der Waals surface area contributed by atoms with Gasteiger partial charge in [-0.05, 0) is 31.8 Å². The molecule has 0 radical (unpaired) electrons. The topological polar surface area (TPSA) is 29.5 Å². The van der Waals surface area contributed by atoms with Crippen molar-refractivity contribution in [3.8, 4) is 0 Å². The van der Waals surface area contributed by atoms with Crippen LogP contribution in [-0.2, 0) is 15.7 Å². The predicted molar refractivity (Wildman–Crippen MR) is 64.8 cm³/mol. The summed E-state index contributed by atoms with van der Waals surface area (Å²) >= 11 is 0. The van der Waals surface area contributed by atoms with Crippen LogP contribution < -0.4 is 0 Å². The van der Waals surface area contributed by atoms with Gasteiger partial charge in [0.2, 0.25) is 0 Å². The second-order valence-corrected chi connectivity index (χ2v) is 4.46. The number of carbonyl (C=O) groups excluding carboxylic acids is 1. The molecule has 1 unspecified atom stereocenters. The van der Waals surface area contributed by atoms with E-state index in [4.69, 9.17) is 0 Å². The molecule has 6 heteroatoms. The third kappa shape index (κ3) is 4.24. The van der Waals surface area contributed by atoms with Gasteiger partial charge in [-0.1, -0.05) is 12.1 Å². The number of halogens is 3. The second-order valence-electron chi connectivity index (χ2n) is 4.46. The molecule has 0 aromatic heterocycles. The lowest BCUT2D eigenvalue weighted by Gasteiger charge is -2.19. The van der Waals surface area contributed by atoms with Gasteiger partial charge in [0.05, 0.1) is 18.6 Å². The van der Waals surface area contributed by atoms with Gasteiger partial charge < -0.3 is 9.64 Å². The highest BCUT2D eigenvalue weighted by Crippen LogP contribution is 2.30. The first kappa shape index (κ1) is 15.5. The van der Waals surface area contributed by atoms with Crippen LogP contribution >= 0.6 is 0 Å². The van der Waals surface area contributed by atoms with Crippen LogP contribution in [0.15, 0.2) is 24.3 Å². The fourth-order valence-corrected chi connectivity index (χ4v) is 1.73. The van der Waals surface area contributed by atoms with E-state index in [2.05, 4.69) is 4.74 Å². The van der Waals surface area contributed by atoms with Crippen molar-refractivity contribution in [2.24, 2.45) is 0 Å². The van der Waals surface area contributed by atoms with Gasteiger partial charge in [0.25, 0.3) is 0 Å². The predicted octanol–water partition coefficient (Wildman–Crippen LogP) is 2.52. The lowest BCUT2D eigenvalue weighted by atomic mass is 9.97. The molecule has 0 saturated heterocycles. The van der Waals surface area contributed by atoms with Crippen LogP contribution in [0.2, 0.25) is 0 Å². The number of carbonyl (C=O) groups is 1. The van der Waals surface area contributed by atoms with Crippen molar-refractivity contribution < 1.29 is 22.7 Å². The maximum Gasteiger partial charge on any atom is 0.416 e. The number of benzene rings is 1. The van der Waals surface area contributed by atoms with Gasteiger partial charge in [0, 0.05) is 6.54 Å². The molecule has 106 valence electrons. The minimum atomic E-state index is -4.37. The van der Waals surface area contributed by atoms with Crippen molar-refractivity contribution in [3.63, 3.8) is 0 Å². The monoisotopic (exact) mass is 275 g/mol. The fraction of sp³-hybridized carbons (Fsp3) is 0.462. The molecule has 0 aliphatic carbocycles. The van der Waals surface area contributed by atoms with E-state index in [0.29, 0.717) is 12.1 Å². The zero-order chi connectivity index (χ0) is 14.6. The Bertz CT molecular complexity index is 427. The summed E-state index contributed by atoms with van der Waals surface area (Å²) in [6.45, 7) is 0.373. The number of likely N-dealkylation sites (N-methyl/N-ethyl adjacent to an activating group) is 1. The summed E-state index contributed by atoms with van der Waals surface area (Å²) in [6.07, 6.45) is -4.37. The lowest BCUT2D eigenvalue weighted by Crippen LogP contribution is -2.27. The average molecular weight is 275 g/mol. The Morgan fingerprint density at radius 1 is 1.26 bits per heavy atom. The molecule has 0 fully saturated rings. The van der Waals surface area contributed by atoms with E-state index < -0.39 is 23.6 Å². The Morgan fingerprint density at radius 2 is 1.79 bits per heavy atom. The molecule has 19 heavy (non-hydrogen) atoms. The quantitative estimate of drug-likeness (QED) is 0.791. The first-order valence-corrected chi connectivity index (χ1v) is 5.65. The average Bonchev–Trinajstić information content (AvgIpc) is 2.34. The SMILES string of the molecule is COC(=O)C(CN(C)C)c1ccc(C(F)(F)F)cc1. The van der Waals surface area contributed by atoms with Gasteiger partial charge in [-0.3, -0.25) is 4.79 Å². The van der Waals surface area contributed by atoms with Crippen molar-refractivity contribution in [1.82, 2.24) is 4.90 Å². The van der Waals surface area contributed by atoms with Crippen LogP contribution in [-0.4, -0.2) is 38.6 Å². The third-order valence-electron chi connectivity index (χ3n) is 2.67. The number of ether oxygens (including phenoxy) is 1. The van der Waals surface area contributed by atoms with E-state index in [-0.39, 0.29) is 0 Å². The summed E-state index contributed by atoms with van der Waals surface area (Å²) in [5, 5.41) is 0. The highest BCUT2D eigenvalue weighted by Gasteiger charge is 2.31. The molecule has 1 aromatic carbocycles. The number of esters is 1. The Hall–Kier alpha value is -1.56. The van der Waals surface area contributed by atoms with Gasteiger partial charge in [-0.25, -0.2) is 0 Å². The van der Waals surface area contributed by atoms with Gasteiger partial charge in [-0.15, -0.1) is 0 Å². The van der Waals surface area contributed by atoms with Crippen molar-refractivity contribution >= 4 is 5.97 Å². The Morgan fingerprint density at radius 3 is 2.16 bits per heavy atom. The Kier molecular flexibility index (Phi) is 4.94. The molecule has 0 N–H and O–H groups in total. The number of methoxy groups -OCH3 is 1. The summed E-state index contributed by atoms with van der Waals surface area (Å²) in [5.74, 6) is -1.06. The van der Waals surface area contributed by atoms with Crippen molar-refractivity contribution in [2.45, 2.75) is 12.1 Å². The molecule has 0 amide bonds. The normalized spacial score (nSPS) is 13.4. The minimum absolute atomic E-state index is 0.373. The second kappa shape index (κ2) is 6.06. The molecule has 3 nitrogen and oxygen atoms in total. The third-order valence-corrected chi connectivity index (χ3v) is 2.67.